The second-order valence-electron chi connectivity index (χ2n) is 6.97. The van der Waals surface area contributed by atoms with Crippen LogP contribution in [0.15, 0.2) is 46.6 Å². The van der Waals surface area contributed by atoms with Crippen molar-refractivity contribution >= 4 is 35.2 Å². The first-order valence-corrected chi connectivity index (χ1v) is 9.60. The van der Waals surface area contributed by atoms with E-state index in [0.29, 0.717) is 12.1 Å². The normalized spacial score (nSPS) is 15.7. The van der Waals surface area contributed by atoms with Crippen LogP contribution in [0.1, 0.15) is 31.4 Å². The quantitative estimate of drug-likeness (QED) is 0.222. The summed E-state index contributed by atoms with van der Waals surface area (Å²) in [7, 11) is 1.25. The lowest BCUT2D eigenvalue weighted by atomic mass is 9.94. The molecular weight excluding hydrogens is 418 g/mol. The van der Waals surface area contributed by atoms with Crippen LogP contribution in [0.2, 0.25) is 0 Å². The molecule has 1 atom stereocenters. The van der Waals surface area contributed by atoms with E-state index in [9.17, 15) is 19.7 Å². The van der Waals surface area contributed by atoms with Crippen molar-refractivity contribution in [2.24, 2.45) is 16.1 Å². The fourth-order valence-electron chi connectivity index (χ4n) is 3.19. The van der Waals surface area contributed by atoms with Crippen LogP contribution in [-0.4, -0.2) is 35.8 Å². The Morgan fingerprint density at radius 3 is 2.62 bits per heavy atom. The molecule has 1 aliphatic heterocycles. The first kappa shape index (κ1) is 22.4. The third-order valence-corrected chi connectivity index (χ3v) is 4.60. The van der Waals surface area contributed by atoms with Crippen molar-refractivity contribution in [3.63, 3.8) is 0 Å². The van der Waals surface area contributed by atoms with Crippen molar-refractivity contribution in [2.45, 2.75) is 20.3 Å². The largest absolute Gasteiger partial charge is 0.488 e. The van der Waals surface area contributed by atoms with Gasteiger partial charge in [-0.3, -0.25) is 25.1 Å². The van der Waals surface area contributed by atoms with Gasteiger partial charge in [-0.2, -0.15) is 10.2 Å². The number of nitrogens with one attached hydrogen (secondary N) is 2. The molecule has 11 nitrogen and oxygen atoms in total. The first-order valence-electron chi connectivity index (χ1n) is 9.60. The van der Waals surface area contributed by atoms with Gasteiger partial charge in [0, 0.05) is 19.3 Å². The Balaban J connectivity index is 1.78. The summed E-state index contributed by atoms with van der Waals surface area (Å²) in [6.07, 6.45) is 1.65. The van der Waals surface area contributed by atoms with Gasteiger partial charge in [0.15, 0.2) is 5.75 Å². The molecule has 1 amide bonds. The van der Waals surface area contributed by atoms with Gasteiger partial charge in [-0.1, -0.05) is 19.1 Å². The number of amides is 1. The van der Waals surface area contributed by atoms with Gasteiger partial charge in [-0.25, -0.2) is 5.43 Å². The number of hydrazone groups is 2. The van der Waals surface area contributed by atoms with Crippen molar-refractivity contribution < 1.29 is 24.0 Å². The van der Waals surface area contributed by atoms with E-state index in [1.807, 2.05) is 19.1 Å². The molecule has 32 heavy (non-hydrogen) atoms. The molecule has 0 spiro atoms. The third kappa shape index (κ3) is 5.06. The van der Waals surface area contributed by atoms with Gasteiger partial charge < -0.3 is 9.47 Å². The summed E-state index contributed by atoms with van der Waals surface area (Å²) in [6.45, 7) is 3.12. The zero-order valence-electron chi connectivity index (χ0n) is 17.6. The number of hydrogen-bond acceptors (Lipinski definition) is 9. The van der Waals surface area contributed by atoms with E-state index in [-0.39, 0.29) is 34.6 Å². The highest BCUT2D eigenvalue weighted by Crippen LogP contribution is 2.39. The van der Waals surface area contributed by atoms with Gasteiger partial charge in [-0.15, -0.1) is 0 Å². The molecule has 0 bridgehead atoms. The SMILES string of the molecule is COc1c(OC(C)=O)ccc(/C=N/Nc2ccc(C3=NNC(=O)CC3C)cc2)c1[N+](=O)[O-]. The second kappa shape index (κ2) is 9.69. The molecule has 2 aromatic rings. The molecule has 2 N–H and O–H groups in total. The minimum atomic E-state index is -0.632. The lowest BCUT2D eigenvalue weighted by Crippen LogP contribution is -2.31. The van der Waals surface area contributed by atoms with Crippen molar-refractivity contribution in [1.29, 1.82) is 0 Å². The van der Waals surface area contributed by atoms with E-state index in [1.165, 1.54) is 32.4 Å². The van der Waals surface area contributed by atoms with Crippen LogP contribution in [0, 0.1) is 16.0 Å². The number of methoxy groups -OCH3 is 1. The smallest absolute Gasteiger partial charge is 0.323 e. The molecule has 3 rings (SSSR count). The number of carbonyl (C=O) groups is 2. The molecule has 166 valence electrons. The maximum Gasteiger partial charge on any atom is 0.323 e. The van der Waals surface area contributed by atoms with Crippen molar-refractivity contribution in [3.8, 4) is 11.5 Å². The first-order chi connectivity index (χ1) is 15.3. The van der Waals surface area contributed by atoms with E-state index >= 15 is 0 Å². The van der Waals surface area contributed by atoms with Crippen molar-refractivity contribution in [2.75, 3.05) is 12.5 Å². The Kier molecular flexibility index (Phi) is 6.78. The van der Waals surface area contributed by atoms with E-state index in [4.69, 9.17) is 9.47 Å². The minimum Gasteiger partial charge on any atom is -0.488 e. The average molecular weight is 439 g/mol. The third-order valence-electron chi connectivity index (χ3n) is 4.60. The van der Waals surface area contributed by atoms with Gasteiger partial charge in [0.2, 0.25) is 11.7 Å². The summed E-state index contributed by atoms with van der Waals surface area (Å²) < 4.78 is 10.1. The highest BCUT2D eigenvalue weighted by molar-refractivity contribution is 6.05. The lowest BCUT2D eigenvalue weighted by Gasteiger charge is -2.19. The Bertz CT molecular complexity index is 1110. The number of nitro benzene ring substituents is 1. The van der Waals surface area contributed by atoms with Crippen LogP contribution in [-0.2, 0) is 9.59 Å². The molecule has 0 aliphatic carbocycles. The van der Waals surface area contributed by atoms with Crippen LogP contribution >= 0.6 is 0 Å². The molecule has 0 saturated carbocycles. The van der Waals surface area contributed by atoms with Gasteiger partial charge in [0.05, 0.1) is 35.2 Å². The van der Waals surface area contributed by atoms with E-state index in [2.05, 4.69) is 21.1 Å². The molecule has 1 unspecified atom stereocenters. The monoisotopic (exact) mass is 439 g/mol. The zero-order valence-corrected chi connectivity index (χ0v) is 17.6. The summed E-state index contributed by atoms with van der Waals surface area (Å²) in [5.41, 5.74) is 7.37. The molecule has 1 heterocycles. The van der Waals surface area contributed by atoms with Gasteiger partial charge in [-0.05, 0) is 29.8 Å². The number of benzene rings is 2. The molecule has 0 fully saturated rings. The number of hydrogen-bond donors (Lipinski definition) is 2. The highest BCUT2D eigenvalue weighted by atomic mass is 16.6. The molecule has 11 heteroatoms. The van der Waals surface area contributed by atoms with Gasteiger partial charge in [0.25, 0.3) is 0 Å². The summed E-state index contributed by atoms with van der Waals surface area (Å²) in [4.78, 5) is 33.6. The predicted molar refractivity (Wildman–Crippen MR) is 117 cm³/mol. The van der Waals surface area contributed by atoms with Crippen molar-refractivity contribution in [3.05, 3.63) is 57.6 Å². The number of esters is 1. The Hall–Kier alpha value is -4.28. The highest BCUT2D eigenvalue weighted by Gasteiger charge is 2.25. The standard InChI is InChI=1S/C21H21N5O6/c1-12-10-18(28)24-25-19(12)14-4-7-16(8-5-14)23-22-11-15-6-9-17(32-13(2)27)21(31-3)20(15)26(29)30/h4-9,11-12,23H,10H2,1-3H3,(H,24,28)/b22-11+. The number of nitrogens with zero attached hydrogens (tertiary/aromatic N) is 3. The lowest BCUT2D eigenvalue weighted by molar-refractivity contribution is -0.385. The maximum absolute atomic E-state index is 11.6. The molecular formula is C21H21N5O6. The van der Waals surface area contributed by atoms with Gasteiger partial charge >= 0.3 is 11.7 Å². The number of carbonyl (C=O) groups excluding carboxylic acids is 2. The Morgan fingerprint density at radius 1 is 1.31 bits per heavy atom. The summed E-state index contributed by atoms with van der Waals surface area (Å²) in [5, 5.41) is 19.8. The average Bonchev–Trinajstić information content (AvgIpc) is 2.74. The fraction of sp³-hybridized carbons (Fsp3) is 0.238. The molecule has 0 aromatic heterocycles. The fourth-order valence-corrected chi connectivity index (χ4v) is 3.19. The summed E-state index contributed by atoms with van der Waals surface area (Å²) in [5.74, 6) is -0.956. The minimum absolute atomic E-state index is 0.00561. The zero-order chi connectivity index (χ0) is 23.3. The molecule has 0 radical (unpaired) electrons. The van der Waals surface area contributed by atoms with Crippen LogP contribution in [0.3, 0.4) is 0 Å². The number of rotatable bonds is 7. The number of anilines is 1. The van der Waals surface area contributed by atoms with E-state index in [1.54, 1.807) is 12.1 Å². The Morgan fingerprint density at radius 2 is 2.03 bits per heavy atom. The van der Waals surface area contributed by atoms with E-state index < -0.39 is 10.9 Å². The molecule has 0 saturated heterocycles. The van der Waals surface area contributed by atoms with Crippen LogP contribution < -0.4 is 20.3 Å². The van der Waals surface area contributed by atoms with Crippen LogP contribution in [0.5, 0.6) is 11.5 Å². The Labute approximate surface area is 183 Å². The molecule has 1 aliphatic rings. The topological polar surface area (TPSA) is 145 Å². The number of ether oxygens (including phenoxy) is 2. The number of nitro groups is 1. The molecule has 2 aromatic carbocycles. The van der Waals surface area contributed by atoms with E-state index in [0.717, 1.165) is 11.3 Å². The predicted octanol–water partition coefficient (Wildman–Crippen LogP) is 2.83. The van der Waals surface area contributed by atoms with Crippen LogP contribution in [0.25, 0.3) is 0 Å². The van der Waals surface area contributed by atoms with Crippen molar-refractivity contribution in [1.82, 2.24) is 5.43 Å². The van der Waals surface area contributed by atoms with Gasteiger partial charge in [0.1, 0.15) is 0 Å². The summed E-state index contributed by atoms with van der Waals surface area (Å²) in [6, 6.07) is 10.0. The maximum atomic E-state index is 11.6. The van der Waals surface area contributed by atoms with Crippen LogP contribution in [0.4, 0.5) is 11.4 Å². The second-order valence-corrected chi connectivity index (χ2v) is 6.97. The summed E-state index contributed by atoms with van der Waals surface area (Å²) >= 11 is 0.